The molecule has 0 radical (unpaired) electrons. The van der Waals surface area contributed by atoms with Crippen LogP contribution in [0, 0.1) is 0 Å². The second-order valence-electron chi connectivity index (χ2n) is 7.48. The van der Waals surface area contributed by atoms with Gasteiger partial charge >= 0.3 is 5.97 Å². The van der Waals surface area contributed by atoms with Crippen molar-refractivity contribution in [2.75, 3.05) is 0 Å². The minimum absolute atomic E-state index is 0.198. The normalized spacial score (nSPS) is 12.9. The molecule has 0 bridgehead atoms. The lowest BCUT2D eigenvalue weighted by atomic mass is 9.89. The molecule has 162 valence electrons. The van der Waals surface area contributed by atoms with Gasteiger partial charge in [-0.05, 0) is 41.8 Å². The van der Waals surface area contributed by atoms with Gasteiger partial charge in [-0.1, -0.05) is 37.3 Å². The Bertz CT molecular complexity index is 1110. The number of rotatable bonds is 9. The fourth-order valence-electron chi connectivity index (χ4n) is 3.84. The number of aliphatic carboxylic acids is 1. The van der Waals surface area contributed by atoms with Gasteiger partial charge in [-0.15, -0.1) is 0 Å². The Morgan fingerprint density at radius 3 is 2.16 bits per heavy atom. The summed E-state index contributed by atoms with van der Waals surface area (Å²) >= 11 is 0. The van der Waals surface area contributed by atoms with Crippen LogP contribution < -0.4 is 4.74 Å². The van der Waals surface area contributed by atoms with Crippen LogP contribution in [0.1, 0.15) is 42.4 Å². The third-order valence-electron chi connectivity index (χ3n) is 5.29. The van der Waals surface area contributed by atoms with Crippen LogP contribution >= 0.6 is 0 Å². The van der Waals surface area contributed by atoms with Crippen LogP contribution in [0.2, 0.25) is 0 Å². The highest BCUT2D eigenvalue weighted by molar-refractivity contribution is 5.75. The van der Waals surface area contributed by atoms with Crippen molar-refractivity contribution >= 4 is 5.97 Å². The molecule has 4 aromatic rings. The minimum Gasteiger partial charge on any atom is -0.477 e. The maximum Gasteiger partial charge on any atom is 0.372 e. The Morgan fingerprint density at radius 2 is 1.62 bits per heavy atom. The van der Waals surface area contributed by atoms with Crippen LogP contribution in [0.4, 0.5) is 0 Å². The van der Waals surface area contributed by atoms with Crippen molar-refractivity contribution in [3.8, 4) is 5.75 Å². The average Bonchev–Trinajstić information content (AvgIpc) is 3.31. The van der Waals surface area contributed by atoms with Gasteiger partial charge in [0.15, 0.2) is 0 Å². The first-order valence-electron chi connectivity index (χ1n) is 10.5. The largest absolute Gasteiger partial charge is 0.477 e. The number of carboxylic acid groups (broad SMARTS) is 1. The van der Waals surface area contributed by atoms with Crippen LogP contribution in [-0.2, 0) is 10.5 Å². The summed E-state index contributed by atoms with van der Waals surface area (Å²) in [6.45, 7) is 1.92. The standard InChI is InChI=1S/C25H24N4O3/c1-2-12-25(24(30)31,32-22-10-4-3-5-11-22)29-18-21(17-28-29)23(19-8-6-13-26-15-19)20-9-7-14-27-16-20/h3-11,13-18,23H,2,12H2,1H3,(H,30,31). The van der Waals surface area contributed by atoms with Crippen LogP contribution in [-0.4, -0.2) is 30.8 Å². The lowest BCUT2D eigenvalue weighted by Gasteiger charge is -2.30. The first-order chi connectivity index (χ1) is 15.6. The van der Waals surface area contributed by atoms with E-state index in [0.717, 1.165) is 16.7 Å². The van der Waals surface area contributed by atoms with Gasteiger partial charge in [-0.25, -0.2) is 9.48 Å². The fraction of sp³-hybridized carbons (Fsp3) is 0.200. The Labute approximate surface area is 186 Å². The topological polar surface area (TPSA) is 90.1 Å². The first kappa shape index (κ1) is 21.2. The summed E-state index contributed by atoms with van der Waals surface area (Å²) in [4.78, 5) is 21.0. The number of pyridine rings is 2. The summed E-state index contributed by atoms with van der Waals surface area (Å²) in [6.07, 6.45) is 11.3. The van der Waals surface area contributed by atoms with E-state index in [0.29, 0.717) is 12.2 Å². The van der Waals surface area contributed by atoms with Crippen molar-refractivity contribution in [2.45, 2.75) is 31.4 Å². The van der Waals surface area contributed by atoms with Crippen molar-refractivity contribution in [3.63, 3.8) is 0 Å². The number of para-hydroxylation sites is 1. The van der Waals surface area contributed by atoms with Crippen molar-refractivity contribution in [1.82, 2.24) is 19.7 Å². The molecule has 4 rings (SSSR count). The molecule has 0 saturated heterocycles. The molecule has 3 aromatic heterocycles. The van der Waals surface area contributed by atoms with Gasteiger partial charge in [-0.3, -0.25) is 9.97 Å². The van der Waals surface area contributed by atoms with E-state index in [-0.39, 0.29) is 12.3 Å². The summed E-state index contributed by atoms with van der Waals surface area (Å²) in [5.41, 5.74) is 1.08. The molecule has 0 spiro atoms. The number of hydrogen-bond acceptors (Lipinski definition) is 5. The van der Waals surface area contributed by atoms with Crippen molar-refractivity contribution < 1.29 is 14.6 Å². The number of nitrogens with zero attached hydrogens (tertiary/aromatic N) is 4. The van der Waals surface area contributed by atoms with Gasteiger partial charge in [0.05, 0.1) is 6.20 Å². The smallest absolute Gasteiger partial charge is 0.372 e. The molecular weight excluding hydrogens is 404 g/mol. The summed E-state index contributed by atoms with van der Waals surface area (Å²) in [7, 11) is 0. The van der Waals surface area contributed by atoms with E-state index in [4.69, 9.17) is 4.74 Å². The number of ether oxygens (including phenoxy) is 1. The summed E-state index contributed by atoms with van der Waals surface area (Å²) in [6, 6.07) is 16.7. The SMILES string of the molecule is CCCC(Oc1ccccc1)(C(=O)O)n1cc(C(c2cccnc2)c2cccnc2)cn1. The molecule has 0 aliphatic heterocycles. The predicted molar refractivity (Wildman–Crippen MR) is 119 cm³/mol. The maximum absolute atomic E-state index is 12.5. The lowest BCUT2D eigenvalue weighted by molar-refractivity contribution is -0.168. The van der Waals surface area contributed by atoms with Crippen LogP contribution in [0.25, 0.3) is 0 Å². The Hall–Kier alpha value is -4.00. The number of carboxylic acids is 1. The number of aromatic nitrogens is 4. The quantitative estimate of drug-likeness (QED) is 0.423. The van der Waals surface area contributed by atoms with E-state index < -0.39 is 11.7 Å². The molecule has 1 unspecified atom stereocenters. The number of hydrogen-bond donors (Lipinski definition) is 1. The molecule has 32 heavy (non-hydrogen) atoms. The minimum atomic E-state index is -1.66. The molecular formula is C25H24N4O3. The third-order valence-corrected chi connectivity index (χ3v) is 5.29. The maximum atomic E-state index is 12.5. The summed E-state index contributed by atoms with van der Waals surface area (Å²) in [5.74, 6) is -0.829. The first-order valence-corrected chi connectivity index (χ1v) is 10.5. The summed E-state index contributed by atoms with van der Waals surface area (Å²) < 4.78 is 7.49. The Kier molecular flexibility index (Phi) is 6.26. The molecule has 7 heteroatoms. The van der Waals surface area contributed by atoms with Crippen molar-refractivity contribution in [2.24, 2.45) is 0 Å². The second-order valence-corrected chi connectivity index (χ2v) is 7.48. The van der Waals surface area contributed by atoms with Crippen LogP contribution in [0.3, 0.4) is 0 Å². The van der Waals surface area contributed by atoms with Crippen molar-refractivity contribution in [3.05, 3.63) is 108 Å². The van der Waals surface area contributed by atoms with E-state index in [9.17, 15) is 9.90 Å². The van der Waals surface area contributed by atoms with E-state index in [1.807, 2.05) is 49.4 Å². The molecule has 7 nitrogen and oxygen atoms in total. The fourth-order valence-corrected chi connectivity index (χ4v) is 3.84. The van der Waals surface area contributed by atoms with Crippen LogP contribution in [0.15, 0.2) is 91.8 Å². The van der Waals surface area contributed by atoms with Crippen LogP contribution in [0.5, 0.6) is 5.75 Å². The lowest BCUT2D eigenvalue weighted by Crippen LogP contribution is -2.47. The number of carbonyl (C=O) groups is 1. The van der Waals surface area contributed by atoms with Gasteiger partial charge in [0.2, 0.25) is 0 Å². The highest BCUT2D eigenvalue weighted by Gasteiger charge is 2.44. The molecule has 0 aliphatic rings. The van der Waals surface area contributed by atoms with E-state index in [2.05, 4.69) is 15.1 Å². The van der Waals surface area contributed by atoms with Gasteiger partial charge < -0.3 is 9.84 Å². The molecule has 3 heterocycles. The van der Waals surface area contributed by atoms with Gasteiger partial charge in [0, 0.05) is 48.9 Å². The monoisotopic (exact) mass is 428 g/mol. The van der Waals surface area contributed by atoms with E-state index in [1.165, 1.54) is 4.68 Å². The number of benzene rings is 1. The molecule has 0 saturated carbocycles. The van der Waals surface area contributed by atoms with E-state index in [1.54, 1.807) is 49.3 Å². The predicted octanol–water partition coefficient (Wildman–Crippen LogP) is 4.47. The highest BCUT2D eigenvalue weighted by Crippen LogP contribution is 2.34. The zero-order valence-electron chi connectivity index (χ0n) is 17.7. The van der Waals surface area contributed by atoms with Gasteiger partial charge in [-0.2, -0.15) is 5.10 Å². The molecule has 0 aliphatic carbocycles. The molecule has 0 amide bonds. The van der Waals surface area contributed by atoms with E-state index >= 15 is 0 Å². The molecule has 1 aromatic carbocycles. The molecule has 0 fully saturated rings. The average molecular weight is 428 g/mol. The second kappa shape index (κ2) is 9.43. The van der Waals surface area contributed by atoms with Gasteiger partial charge in [0.1, 0.15) is 5.75 Å². The third kappa shape index (κ3) is 4.23. The van der Waals surface area contributed by atoms with Gasteiger partial charge in [0.25, 0.3) is 5.72 Å². The molecule has 1 atom stereocenters. The Balaban J connectivity index is 1.80. The highest BCUT2D eigenvalue weighted by atomic mass is 16.5. The Morgan fingerprint density at radius 1 is 0.969 bits per heavy atom. The zero-order chi connectivity index (χ0) is 22.4. The summed E-state index contributed by atoms with van der Waals surface area (Å²) in [5, 5.41) is 14.7. The molecule has 1 N–H and O–H groups in total. The zero-order valence-corrected chi connectivity index (χ0v) is 17.7. The van der Waals surface area contributed by atoms with Crippen molar-refractivity contribution in [1.29, 1.82) is 0 Å².